The number of halogens is 3. The first-order valence-electron chi connectivity index (χ1n) is 4.69. The number of alkyl halides is 3. The van der Waals surface area contributed by atoms with Crippen molar-refractivity contribution in [3.05, 3.63) is 0 Å². The predicted molar refractivity (Wildman–Crippen MR) is 49.4 cm³/mol. The fourth-order valence-corrected chi connectivity index (χ4v) is 1.12. The van der Waals surface area contributed by atoms with Crippen LogP contribution in [0.2, 0.25) is 0 Å². The Kier molecular flexibility index (Phi) is 7.02. The molecule has 0 saturated carbocycles. The predicted octanol–water partition coefficient (Wildman–Crippen LogP) is 0.510. The fourth-order valence-electron chi connectivity index (χ4n) is 1.12. The molecule has 0 amide bonds. The van der Waals surface area contributed by atoms with E-state index in [4.69, 9.17) is 20.5 Å². The van der Waals surface area contributed by atoms with Gasteiger partial charge in [0.25, 0.3) is 0 Å². The molecule has 1 aliphatic rings. The Morgan fingerprint density at radius 1 is 1.44 bits per heavy atom. The molecule has 4 N–H and O–H groups in total. The Bertz CT molecular complexity index is 202. The number of rotatable bonds is 2. The number of nitrogens with two attached hydrogens (primary N) is 1. The lowest BCUT2D eigenvalue weighted by molar-refractivity contribution is -0.192. The van der Waals surface area contributed by atoms with Gasteiger partial charge in [0.05, 0.1) is 0 Å². The first-order chi connectivity index (χ1) is 7.38. The van der Waals surface area contributed by atoms with Crippen LogP contribution in [-0.2, 0) is 9.53 Å². The summed E-state index contributed by atoms with van der Waals surface area (Å²) in [6.07, 6.45) is -2.77. The average molecular weight is 244 g/mol. The van der Waals surface area contributed by atoms with E-state index < -0.39 is 12.1 Å². The van der Waals surface area contributed by atoms with Crippen LogP contribution in [0.25, 0.3) is 0 Å². The van der Waals surface area contributed by atoms with Crippen molar-refractivity contribution in [1.82, 2.24) is 5.43 Å². The molecule has 0 atom stereocenters. The smallest absolute Gasteiger partial charge is 0.475 e. The highest BCUT2D eigenvalue weighted by molar-refractivity contribution is 5.73. The summed E-state index contributed by atoms with van der Waals surface area (Å²) in [6.45, 7) is 2.75. The Hall–Kier alpha value is -0.860. The van der Waals surface area contributed by atoms with Crippen LogP contribution >= 0.6 is 0 Å². The largest absolute Gasteiger partial charge is 0.490 e. The fraction of sp³-hybridized carbons (Fsp3) is 0.875. The Balaban J connectivity index is 0.000000293. The van der Waals surface area contributed by atoms with Crippen LogP contribution in [0.3, 0.4) is 0 Å². The molecule has 0 spiro atoms. The highest BCUT2D eigenvalue weighted by atomic mass is 19.4. The van der Waals surface area contributed by atoms with Crippen LogP contribution in [0, 0.1) is 5.92 Å². The number of aliphatic carboxylic acids is 1. The van der Waals surface area contributed by atoms with Gasteiger partial charge in [0.2, 0.25) is 0 Å². The molecule has 0 aromatic heterocycles. The maximum absolute atomic E-state index is 10.6. The monoisotopic (exact) mass is 244 g/mol. The van der Waals surface area contributed by atoms with E-state index in [1.54, 1.807) is 0 Å². The van der Waals surface area contributed by atoms with Crippen molar-refractivity contribution < 1.29 is 27.8 Å². The van der Waals surface area contributed by atoms with E-state index in [-0.39, 0.29) is 0 Å². The first kappa shape index (κ1) is 15.1. The molecule has 1 saturated heterocycles. The van der Waals surface area contributed by atoms with Crippen molar-refractivity contribution in [2.45, 2.75) is 19.0 Å². The molecule has 0 aliphatic carbocycles. The van der Waals surface area contributed by atoms with Crippen molar-refractivity contribution in [3.8, 4) is 0 Å². The second-order valence-electron chi connectivity index (χ2n) is 3.27. The quantitative estimate of drug-likeness (QED) is 0.487. The minimum absolute atomic E-state index is 0.740. The van der Waals surface area contributed by atoms with Crippen molar-refractivity contribution in [2.24, 2.45) is 11.8 Å². The van der Waals surface area contributed by atoms with Crippen molar-refractivity contribution >= 4 is 5.97 Å². The summed E-state index contributed by atoms with van der Waals surface area (Å²) < 4.78 is 36.9. The number of ether oxygens (including phenoxy) is 1. The minimum Gasteiger partial charge on any atom is -0.475 e. The van der Waals surface area contributed by atoms with Crippen LogP contribution in [0.5, 0.6) is 0 Å². The number of hydrogen-bond donors (Lipinski definition) is 3. The molecule has 0 unspecified atom stereocenters. The molecule has 0 radical (unpaired) electrons. The molecule has 1 fully saturated rings. The molecule has 0 aromatic carbocycles. The van der Waals surface area contributed by atoms with Gasteiger partial charge in [0.1, 0.15) is 0 Å². The SMILES string of the molecule is NNCC1CCOCC1.O=C(O)C(F)(F)F. The number of hydrazine groups is 1. The number of carboxylic acids is 1. The highest BCUT2D eigenvalue weighted by Gasteiger charge is 2.38. The van der Waals surface area contributed by atoms with Crippen LogP contribution in [0.4, 0.5) is 13.2 Å². The number of hydrogen-bond acceptors (Lipinski definition) is 4. The third-order valence-corrected chi connectivity index (χ3v) is 1.99. The molecule has 1 rings (SSSR count). The lowest BCUT2D eigenvalue weighted by Crippen LogP contribution is -2.31. The van der Waals surface area contributed by atoms with Gasteiger partial charge in [-0.2, -0.15) is 13.2 Å². The zero-order valence-corrected chi connectivity index (χ0v) is 8.59. The number of carboxylic acid groups (broad SMARTS) is 1. The van der Waals surface area contributed by atoms with Crippen LogP contribution in [-0.4, -0.2) is 37.0 Å². The maximum atomic E-state index is 10.6. The van der Waals surface area contributed by atoms with Crippen LogP contribution in [0.15, 0.2) is 0 Å². The average Bonchev–Trinajstić information content (AvgIpc) is 2.19. The molecule has 1 aliphatic heterocycles. The maximum Gasteiger partial charge on any atom is 0.490 e. The molecular formula is C8H15F3N2O3. The summed E-state index contributed by atoms with van der Waals surface area (Å²) in [6, 6.07) is 0. The second-order valence-corrected chi connectivity index (χ2v) is 3.27. The van der Waals surface area contributed by atoms with Gasteiger partial charge in [-0.15, -0.1) is 0 Å². The lowest BCUT2D eigenvalue weighted by Gasteiger charge is -2.20. The molecule has 16 heavy (non-hydrogen) atoms. The molecular weight excluding hydrogens is 229 g/mol. The van der Waals surface area contributed by atoms with Gasteiger partial charge >= 0.3 is 12.1 Å². The van der Waals surface area contributed by atoms with Gasteiger partial charge in [0, 0.05) is 19.8 Å². The van der Waals surface area contributed by atoms with E-state index in [9.17, 15) is 13.2 Å². The second kappa shape index (κ2) is 7.42. The lowest BCUT2D eigenvalue weighted by atomic mass is 10.0. The standard InChI is InChI=1S/C6H14N2O.C2HF3O2/c7-8-5-6-1-3-9-4-2-6;3-2(4,5)1(6)7/h6,8H,1-5,7H2;(H,6,7). The zero-order chi connectivity index (χ0) is 12.6. The van der Waals surface area contributed by atoms with Crippen molar-refractivity contribution in [3.63, 3.8) is 0 Å². The molecule has 96 valence electrons. The first-order valence-corrected chi connectivity index (χ1v) is 4.69. The Morgan fingerprint density at radius 2 is 1.88 bits per heavy atom. The summed E-state index contributed by atoms with van der Waals surface area (Å²) >= 11 is 0. The number of carbonyl (C=O) groups is 1. The molecule has 0 aromatic rings. The van der Waals surface area contributed by atoms with Crippen molar-refractivity contribution in [2.75, 3.05) is 19.8 Å². The summed E-state index contributed by atoms with van der Waals surface area (Å²) in [5.74, 6) is 3.15. The van der Waals surface area contributed by atoms with Gasteiger partial charge in [-0.3, -0.25) is 11.3 Å². The van der Waals surface area contributed by atoms with E-state index >= 15 is 0 Å². The van der Waals surface area contributed by atoms with Gasteiger partial charge in [-0.05, 0) is 18.8 Å². The summed E-state index contributed by atoms with van der Waals surface area (Å²) in [5, 5.41) is 7.12. The van der Waals surface area contributed by atoms with E-state index in [1.807, 2.05) is 0 Å². The third kappa shape index (κ3) is 7.43. The van der Waals surface area contributed by atoms with Crippen LogP contribution in [0.1, 0.15) is 12.8 Å². The molecule has 5 nitrogen and oxygen atoms in total. The van der Waals surface area contributed by atoms with Gasteiger partial charge in [-0.1, -0.05) is 0 Å². The van der Waals surface area contributed by atoms with E-state index in [2.05, 4.69) is 5.43 Å². The summed E-state index contributed by atoms with van der Waals surface area (Å²) in [5.41, 5.74) is 2.68. The van der Waals surface area contributed by atoms with Gasteiger partial charge in [0.15, 0.2) is 0 Å². The topological polar surface area (TPSA) is 84.6 Å². The van der Waals surface area contributed by atoms with Crippen LogP contribution < -0.4 is 11.3 Å². The Morgan fingerprint density at radius 3 is 2.19 bits per heavy atom. The van der Waals surface area contributed by atoms with Gasteiger partial charge < -0.3 is 9.84 Å². The summed E-state index contributed by atoms with van der Waals surface area (Å²) in [7, 11) is 0. The third-order valence-electron chi connectivity index (χ3n) is 1.99. The molecule has 1 heterocycles. The molecule has 0 bridgehead atoms. The van der Waals surface area contributed by atoms with Crippen molar-refractivity contribution in [1.29, 1.82) is 0 Å². The van der Waals surface area contributed by atoms with E-state index in [1.165, 1.54) is 0 Å². The molecule has 8 heteroatoms. The minimum atomic E-state index is -5.08. The van der Waals surface area contributed by atoms with E-state index in [0.29, 0.717) is 0 Å². The zero-order valence-electron chi connectivity index (χ0n) is 8.59. The normalized spacial score (nSPS) is 17.5. The summed E-state index contributed by atoms with van der Waals surface area (Å²) in [4.78, 5) is 8.90. The Labute approximate surface area is 90.7 Å². The highest BCUT2D eigenvalue weighted by Crippen LogP contribution is 2.13. The van der Waals surface area contributed by atoms with Gasteiger partial charge in [-0.25, -0.2) is 4.79 Å². The van der Waals surface area contributed by atoms with E-state index in [0.717, 1.165) is 38.5 Å². The number of nitrogens with one attached hydrogen (secondary N) is 1.